The SMILES string of the molecule is COC(=O)C1CC(C(C)=O)=CCC1C(=O)O. The number of ketones is 1. The van der Waals surface area contributed by atoms with Gasteiger partial charge in [0, 0.05) is 0 Å². The molecule has 0 bridgehead atoms. The number of hydrogen-bond acceptors (Lipinski definition) is 4. The fourth-order valence-electron chi connectivity index (χ4n) is 1.86. The minimum absolute atomic E-state index is 0.127. The molecule has 0 aromatic rings. The van der Waals surface area contributed by atoms with Crippen LogP contribution in [0.2, 0.25) is 0 Å². The maximum absolute atomic E-state index is 11.4. The Labute approximate surface area is 93.1 Å². The summed E-state index contributed by atoms with van der Waals surface area (Å²) < 4.78 is 4.56. The van der Waals surface area contributed by atoms with Gasteiger partial charge in [-0.05, 0) is 25.3 Å². The molecule has 5 nitrogen and oxygen atoms in total. The normalized spacial score (nSPS) is 24.5. The Morgan fingerprint density at radius 1 is 1.38 bits per heavy atom. The van der Waals surface area contributed by atoms with E-state index in [1.54, 1.807) is 6.08 Å². The van der Waals surface area contributed by atoms with Gasteiger partial charge < -0.3 is 9.84 Å². The van der Waals surface area contributed by atoms with Crippen molar-refractivity contribution in [1.29, 1.82) is 0 Å². The van der Waals surface area contributed by atoms with Gasteiger partial charge >= 0.3 is 11.9 Å². The predicted octanol–water partition coefficient (Wildman–Crippen LogP) is 0.786. The van der Waals surface area contributed by atoms with Crippen LogP contribution in [-0.4, -0.2) is 29.9 Å². The van der Waals surface area contributed by atoms with Crippen LogP contribution < -0.4 is 0 Å². The molecule has 88 valence electrons. The number of esters is 1. The van der Waals surface area contributed by atoms with Crippen LogP contribution in [0, 0.1) is 11.8 Å². The lowest BCUT2D eigenvalue weighted by atomic mass is 9.78. The lowest BCUT2D eigenvalue weighted by Gasteiger charge is -2.25. The first-order chi connectivity index (χ1) is 7.47. The van der Waals surface area contributed by atoms with E-state index in [-0.39, 0.29) is 18.6 Å². The summed E-state index contributed by atoms with van der Waals surface area (Å²) in [4.78, 5) is 33.5. The molecule has 0 radical (unpaired) electrons. The standard InChI is InChI=1S/C11H14O5/c1-6(12)7-3-4-8(10(13)14)9(5-7)11(15)16-2/h3,8-9H,4-5H2,1-2H3,(H,13,14). The molecule has 0 aromatic carbocycles. The summed E-state index contributed by atoms with van der Waals surface area (Å²) in [5, 5.41) is 8.96. The highest BCUT2D eigenvalue weighted by Crippen LogP contribution is 2.31. The van der Waals surface area contributed by atoms with Crippen LogP contribution in [-0.2, 0) is 19.1 Å². The number of rotatable bonds is 3. The van der Waals surface area contributed by atoms with Gasteiger partial charge in [-0.1, -0.05) is 6.08 Å². The highest BCUT2D eigenvalue weighted by Gasteiger charge is 2.37. The Hall–Kier alpha value is -1.65. The minimum atomic E-state index is -1.03. The maximum Gasteiger partial charge on any atom is 0.309 e. The Morgan fingerprint density at radius 2 is 2.00 bits per heavy atom. The Morgan fingerprint density at radius 3 is 2.44 bits per heavy atom. The number of ether oxygens (including phenoxy) is 1. The number of methoxy groups -OCH3 is 1. The number of aliphatic carboxylic acids is 1. The van der Waals surface area contributed by atoms with E-state index >= 15 is 0 Å². The molecule has 16 heavy (non-hydrogen) atoms. The molecule has 5 heteroatoms. The fraction of sp³-hybridized carbons (Fsp3) is 0.545. The molecule has 0 fully saturated rings. The molecular formula is C11H14O5. The molecule has 1 N–H and O–H groups in total. The van der Waals surface area contributed by atoms with Crippen LogP contribution in [0.3, 0.4) is 0 Å². The van der Waals surface area contributed by atoms with Crippen molar-refractivity contribution in [3.05, 3.63) is 11.6 Å². The molecular weight excluding hydrogens is 212 g/mol. The van der Waals surface area contributed by atoms with E-state index in [2.05, 4.69) is 4.74 Å². The summed E-state index contributed by atoms with van der Waals surface area (Å²) in [6, 6.07) is 0. The monoisotopic (exact) mass is 226 g/mol. The molecule has 2 atom stereocenters. The van der Waals surface area contributed by atoms with Gasteiger partial charge in [0.05, 0.1) is 18.9 Å². The van der Waals surface area contributed by atoms with Gasteiger partial charge in [0.2, 0.25) is 0 Å². The number of allylic oxidation sites excluding steroid dienone is 2. The lowest BCUT2D eigenvalue weighted by molar-refractivity contribution is -0.156. The van der Waals surface area contributed by atoms with Crippen molar-refractivity contribution in [2.75, 3.05) is 7.11 Å². The number of carboxylic acids is 1. The van der Waals surface area contributed by atoms with E-state index in [1.165, 1.54) is 14.0 Å². The average molecular weight is 226 g/mol. The summed E-state index contributed by atoms with van der Waals surface area (Å²) >= 11 is 0. The number of hydrogen-bond donors (Lipinski definition) is 1. The third-order valence-electron chi connectivity index (χ3n) is 2.82. The molecule has 0 amide bonds. The van der Waals surface area contributed by atoms with Crippen molar-refractivity contribution >= 4 is 17.7 Å². The molecule has 0 saturated carbocycles. The molecule has 0 saturated heterocycles. The van der Waals surface area contributed by atoms with E-state index in [0.717, 1.165) is 0 Å². The van der Waals surface area contributed by atoms with Crippen molar-refractivity contribution in [2.24, 2.45) is 11.8 Å². The molecule has 0 aliphatic heterocycles. The molecule has 1 aliphatic rings. The molecule has 0 spiro atoms. The summed E-state index contributed by atoms with van der Waals surface area (Å²) in [5.41, 5.74) is 0.507. The van der Waals surface area contributed by atoms with Crippen molar-refractivity contribution in [3.8, 4) is 0 Å². The predicted molar refractivity (Wildman–Crippen MR) is 54.6 cm³/mol. The van der Waals surface area contributed by atoms with Gasteiger partial charge in [0.25, 0.3) is 0 Å². The van der Waals surface area contributed by atoms with Gasteiger partial charge in [-0.25, -0.2) is 0 Å². The average Bonchev–Trinajstić information content (AvgIpc) is 2.26. The third-order valence-corrected chi connectivity index (χ3v) is 2.82. The molecule has 2 unspecified atom stereocenters. The smallest absolute Gasteiger partial charge is 0.309 e. The Bertz CT molecular complexity index is 355. The second-order valence-corrected chi connectivity index (χ2v) is 3.80. The molecule has 0 aromatic heterocycles. The van der Waals surface area contributed by atoms with Crippen molar-refractivity contribution in [3.63, 3.8) is 0 Å². The van der Waals surface area contributed by atoms with E-state index in [0.29, 0.717) is 5.57 Å². The largest absolute Gasteiger partial charge is 0.481 e. The summed E-state index contributed by atoms with van der Waals surface area (Å²) in [6.45, 7) is 1.40. The summed E-state index contributed by atoms with van der Waals surface area (Å²) in [6.07, 6.45) is 1.95. The zero-order chi connectivity index (χ0) is 12.3. The number of carbonyl (C=O) groups excluding carboxylic acids is 2. The molecule has 0 heterocycles. The first-order valence-corrected chi connectivity index (χ1v) is 4.98. The van der Waals surface area contributed by atoms with Crippen LogP contribution >= 0.6 is 0 Å². The summed E-state index contributed by atoms with van der Waals surface area (Å²) in [5.74, 6) is -3.28. The zero-order valence-electron chi connectivity index (χ0n) is 9.23. The van der Waals surface area contributed by atoms with Crippen LogP contribution in [0.25, 0.3) is 0 Å². The van der Waals surface area contributed by atoms with Crippen molar-refractivity contribution < 1.29 is 24.2 Å². The number of Topliss-reactive ketones (excluding diaryl/α,β-unsaturated/α-hetero) is 1. The first kappa shape index (κ1) is 12.4. The van der Waals surface area contributed by atoms with Crippen molar-refractivity contribution in [1.82, 2.24) is 0 Å². The first-order valence-electron chi connectivity index (χ1n) is 4.98. The summed E-state index contributed by atoms with van der Waals surface area (Å²) in [7, 11) is 1.22. The van der Waals surface area contributed by atoms with Crippen LogP contribution in [0.15, 0.2) is 11.6 Å². The highest BCUT2D eigenvalue weighted by atomic mass is 16.5. The van der Waals surface area contributed by atoms with Gasteiger partial charge in [-0.3, -0.25) is 14.4 Å². The minimum Gasteiger partial charge on any atom is -0.481 e. The Balaban J connectivity index is 2.93. The molecule has 1 rings (SSSR count). The van der Waals surface area contributed by atoms with Gasteiger partial charge in [0.1, 0.15) is 0 Å². The van der Waals surface area contributed by atoms with Crippen molar-refractivity contribution in [2.45, 2.75) is 19.8 Å². The molecule has 1 aliphatic carbocycles. The number of carbonyl (C=O) groups is 3. The van der Waals surface area contributed by atoms with Gasteiger partial charge in [-0.15, -0.1) is 0 Å². The van der Waals surface area contributed by atoms with Gasteiger partial charge in [-0.2, -0.15) is 0 Å². The topological polar surface area (TPSA) is 80.7 Å². The maximum atomic E-state index is 11.4. The van der Waals surface area contributed by atoms with Gasteiger partial charge in [0.15, 0.2) is 5.78 Å². The lowest BCUT2D eigenvalue weighted by Crippen LogP contribution is -2.33. The quantitative estimate of drug-likeness (QED) is 0.719. The second-order valence-electron chi connectivity index (χ2n) is 3.80. The van der Waals surface area contributed by atoms with E-state index < -0.39 is 23.8 Å². The van der Waals surface area contributed by atoms with Crippen LogP contribution in [0.1, 0.15) is 19.8 Å². The van der Waals surface area contributed by atoms with Crippen LogP contribution in [0.5, 0.6) is 0 Å². The van der Waals surface area contributed by atoms with E-state index in [1.807, 2.05) is 0 Å². The van der Waals surface area contributed by atoms with E-state index in [4.69, 9.17) is 5.11 Å². The third kappa shape index (κ3) is 2.48. The number of carboxylic acid groups (broad SMARTS) is 1. The zero-order valence-corrected chi connectivity index (χ0v) is 9.23. The Kier molecular flexibility index (Phi) is 3.82. The van der Waals surface area contributed by atoms with Crippen LogP contribution in [0.4, 0.5) is 0 Å². The second kappa shape index (κ2) is 4.92. The van der Waals surface area contributed by atoms with E-state index in [9.17, 15) is 14.4 Å². The highest BCUT2D eigenvalue weighted by molar-refractivity contribution is 5.95. The fourth-order valence-corrected chi connectivity index (χ4v) is 1.86.